The molecule has 0 aromatic heterocycles. The van der Waals surface area contributed by atoms with E-state index in [-0.39, 0.29) is 12.8 Å². The van der Waals surface area contributed by atoms with Gasteiger partial charge >= 0.3 is 0 Å². The lowest BCUT2D eigenvalue weighted by Gasteiger charge is -2.15. The number of primary amides is 1. The number of halogens is 2. The van der Waals surface area contributed by atoms with E-state index in [0.717, 1.165) is 17.7 Å². The highest BCUT2D eigenvalue weighted by Crippen LogP contribution is 2.09. The number of carbonyl (C=O) groups is 2. The van der Waals surface area contributed by atoms with Crippen molar-refractivity contribution >= 4 is 11.8 Å². The maximum absolute atomic E-state index is 13.1. The number of hydrogen-bond acceptors (Lipinski definition) is 2. The van der Waals surface area contributed by atoms with Crippen molar-refractivity contribution in [2.24, 2.45) is 5.73 Å². The highest BCUT2D eigenvalue weighted by atomic mass is 19.2. The number of benzene rings is 2. The molecule has 2 aromatic carbocycles. The maximum atomic E-state index is 13.1. The number of rotatable bonds is 6. The molecule has 0 spiro atoms. The lowest BCUT2D eigenvalue weighted by molar-refractivity contribution is -0.127. The second-order valence-electron chi connectivity index (χ2n) is 5.14. The predicted molar refractivity (Wildman–Crippen MR) is 81.3 cm³/mol. The molecule has 2 amide bonds. The van der Waals surface area contributed by atoms with Gasteiger partial charge in [0.25, 0.3) is 0 Å². The van der Waals surface area contributed by atoms with Crippen LogP contribution in [-0.4, -0.2) is 17.9 Å². The molecule has 2 aromatic rings. The van der Waals surface area contributed by atoms with Gasteiger partial charge in [0.1, 0.15) is 6.04 Å². The van der Waals surface area contributed by atoms with Gasteiger partial charge in [-0.3, -0.25) is 9.59 Å². The second-order valence-corrected chi connectivity index (χ2v) is 5.14. The van der Waals surface area contributed by atoms with Crippen LogP contribution in [0.25, 0.3) is 0 Å². The third kappa shape index (κ3) is 4.88. The van der Waals surface area contributed by atoms with E-state index in [1.165, 1.54) is 6.07 Å². The Hall–Kier alpha value is -2.76. The molecule has 120 valence electrons. The Morgan fingerprint density at radius 3 is 2.30 bits per heavy atom. The summed E-state index contributed by atoms with van der Waals surface area (Å²) in [6.45, 7) is 0. The van der Waals surface area contributed by atoms with Crippen molar-refractivity contribution in [1.82, 2.24) is 5.32 Å². The number of nitrogens with two attached hydrogens (primary N) is 1. The van der Waals surface area contributed by atoms with Gasteiger partial charge in [0.15, 0.2) is 11.6 Å². The van der Waals surface area contributed by atoms with E-state index in [1.807, 2.05) is 30.3 Å². The summed E-state index contributed by atoms with van der Waals surface area (Å²) in [5, 5.41) is 2.52. The van der Waals surface area contributed by atoms with Gasteiger partial charge < -0.3 is 11.1 Å². The fourth-order valence-corrected chi connectivity index (χ4v) is 2.15. The van der Waals surface area contributed by atoms with E-state index in [2.05, 4.69) is 5.32 Å². The summed E-state index contributed by atoms with van der Waals surface area (Å²) in [7, 11) is 0. The molecule has 3 N–H and O–H groups in total. The van der Waals surface area contributed by atoms with Crippen LogP contribution < -0.4 is 11.1 Å². The van der Waals surface area contributed by atoms with Gasteiger partial charge in [-0.05, 0) is 23.3 Å². The van der Waals surface area contributed by atoms with Crippen molar-refractivity contribution in [3.8, 4) is 0 Å². The van der Waals surface area contributed by atoms with Crippen LogP contribution in [0.4, 0.5) is 8.78 Å². The van der Waals surface area contributed by atoms with E-state index in [4.69, 9.17) is 5.73 Å². The highest BCUT2D eigenvalue weighted by molar-refractivity contribution is 5.87. The molecule has 0 aliphatic rings. The van der Waals surface area contributed by atoms with Crippen LogP contribution >= 0.6 is 0 Å². The molecule has 0 bridgehead atoms. The molecular weight excluding hydrogens is 302 g/mol. The zero-order chi connectivity index (χ0) is 16.8. The zero-order valence-corrected chi connectivity index (χ0v) is 12.3. The highest BCUT2D eigenvalue weighted by Gasteiger charge is 2.19. The lowest BCUT2D eigenvalue weighted by Crippen LogP contribution is -2.46. The zero-order valence-electron chi connectivity index (χ0n) is 12.3. The average molecular weight is 318 g/mol. The van der Waals surface area contributed by atoms with E-state index in [9.17, 15) is 18.4 Å². The largest absolute Gasteiger partial charge is 0.368 e. The molecule has 0 saturated heterocycles. The number of carbonyl (C=O) groups excluding carboxylic acids is 2. The topological polar surface area (TPSA) is 72.2 Å². The normalized spacial score (nSPS) is 11.7. The summed E-state index contributed by atoms with van der Waals surface area (Å²) in [6, 6.07) is 11.5. The van der Waals surface area contributed by atoms with Gasteiger partial charge in [0.2, 0.25) is 11.8 Å². The van der Waals surface area contributed by atoms with E-state index in [1.54, 1.807) is 0 Å². The van der Waals surface area contributed by atoms with Crippen LogP contribution in [0.5, 0.6) is 0 Å². The molecule has 4 nitrogen and oxygen atoms in total. The number of nitrogens with one attached hydrogen (secondary N) is 1. The molecule has 6 heteroatoms. The summed E-state index contributed by atoms with van der Waals surface area (Å²) in [5.41, 5.74) is 6.47. The molecule has 2 rings (SSSR count). The molecule has 0 saturated carbocycles. The Balaban J connectivity index is 2.00. The summed E-state index contributed by atoms with van der Waals surface area (Å²) in [5.74, 6) is -3.15. The van der Waals surface area contributed by atoms with Crippen LogP contribution in [-0.2, 0) is 22.4 Å². The molecule has 23 heavy (non-hydrogen) atoms. The Morgan fingerprint density at radius 2 is 1.70 bits per heavy atom. The minimum absolute atomic E-state index is 0.171. The maximum Gasteiger partial charge on any atom is 0.240 e. The first-order valence-corrected chi connectivity index (χ1v) is 7.02. The minimum Gasteiger partial charge on any atom is -0.368 e. The van der Waals surface area contributed by atoms with Crippen LogP contribution in [0.2, 0.25) is 0 Å². The molecule has 0 fully saturated rings. The monoisotopic (exact) mass is 318 g/mol. The van der Waals surface area contributed by atoms with Crippen LogP contribution in [0.3, 0.4) is 0 Å². The minimum atomic E-state index is -1.02. The van der Waals surface area contributed by atoms with Crippen molar-refractivity contribution in [1.29, 1.82) is 0 Å². The summed E-state index contributed by atoms with van der Waals surface area (Å²) in [6.07, 6.45) is 0.0927. The quantitative estimate of drug-likeness (QED) is 0.851. The van der Waals surface area contributed by atoms with E-state index < -0.39 is 29.5 Å². The van der Waals surface area contributed by atoms with Crippen LogP contribution in [0.15, 0.2) is 48.5 Å². The standard InChI is InChI=1S/C17H16F2N2O2/c18-13-7-6-12(8-14(13)19)10-16(22)21-15(17(20)23)9-11-4-2-1-3-5-11/h1-8,15H,9-10H2,(H2,20,23)(H,21,22)/t15-/m0/s1. The van der Waals surface area contributed by atoms with Gasteiger partial charge in [0, 0.05) is 6.42 Å². The Kier molecular flexibility index (Phi) is 5.41. The fraction of sp³-hybridized carbons (Fsp3) is 0.176. The molecule has 0 aliphatic heterocycles. The Labute approximate surface area is 132 Å². The predicted octanol–water partition coefficient (Wildman–Crippen LogP) is 1.72. The van der Waals surface area contributed by atoms with Crippen molar-refractivity contribution in [2.75, 3.05) is 0 Å². The van der Waals surface area contributed by atoms with Crippen LogP contribution in [0, 0.1) is 11.6 Å². The molecule has 0 unspecified atom stereocenters. The van der Waals surface area contributed by atoms with Crippen LogP contribution in [0.1, 0.15) is 11.1 Å². The van der Waals surface area contributed by atoms with Crippen molar-refractivity contribution in [3.63, 3.8) is 0 Å². The lowest BCUT2D eigenvalue weighted by atomic mass is 10.0. The SMILES string of the molecule is NC(=O)[C@H](Cc1ccccc1)NC(=O)Cc1ccc(F)c(F)c1. The molecular formula is C17H16F2N2O2. The van der Waals surface area contributed by atoms with Gasteiger partial charge in [0.05, 0.1) is 6.42 Å². The fourth-order valence-electron chi connectivity index (χ4n) is 2.15. The van der Waals surface area contributed by atoms with Crippen molar-refractivity contribution in [2.45, 2.75) is 18.9 Å². The van der Waals surface area contributed by atoms with Gasteiger partial charge in [-0.15, -0.1) is 0 Å². The third-order valence-electron chi connectivity index (χ3n) is 3.31. The average Bonchev–Trinajstić information content (AvgIpc) is 2.51. The molecule has 1 atom stereocenters. The van der Waals surface area contributed by atoms with E-state index >= 15 is 0 Å². The first-order valence-electron chi connectivity index (χ1n) is 7.02. The Morgan fingerprint density at radius 1 is 1.00 bits per heavy atom. The smallest absolute Gasteiger partial charge is 0.240 e. The van der Waals surface area contributed by atoms with Gasteiger partial charge in [-0.2, -0.15) is 0 Å². The molecule has 0 heterocycles. The Bertz CT molecular complexity index is 705. The van der Waals surface area contributed by atoms with Gasteiger partial charge in [-0.1, -0.05) is 36.4 Å². The first-order chi connectivity index (χ1) is 11.0. The summed E-state index contributed by atoms with van der Waals surface area (Å²) >= 11 is 0. The second kappa shape index (κ2) is 7.49. The van der Waals surface area contributed by atoms with Crippen molar-refractivity contribution in [3.05, 3.63) is 71.3 Å². The van der Waals surface area contributed by atoms with Gasteiger partial charge in [-0.25, -0.2) is 8.78 Å². The first kappa shape index (κ1) is 16.6. The number of amides is 2. The third-order valence-corrected chi connectivity index (χ3v) is 3.31. The van der Waals surface area contributed by atoms with Crippen molar-refractivity contribution < 1.29 is 18.4 Å². The van der Waals surface area contributed by atoms with E-state index in [0.29, 0.717) is 5.56 Å². The number of hydrogen-bond donors (Lipinski definition) is 2. The molecule has 0 radical (unpaired) electrons. The summed E-state index contributed by atoms with van der Waals surface area (Å²) in [4.78, 5) is 23.5. The summed E-state index contributed by atoms with van der Waals surface area (Å²) < 4.78 is 26.0. The molecule has 0 aliphatic carbocycles.